The highest BCUT2D eigenvalue weighted by molar-refractivity contribution is 5.38. The van der Waals surface area contributed by atoms with E-state index in [9.17, 15) is 0 Å². The van der Waals surface area contributed by atoms with E-state index in [1.54, 1.807) is 0 Å². The van der Waals surface area contributed by atoms with Crippen molar-refractivity contribution in [3.63, 3.8) is 0 Å². The quantitative estimate of drug-likeness (QED) is 0.657. The zero-order chi connectivity index (χ0) is 10.3. The van der Waals surface area contributed by atoms with Crippen LogP contribution in [0.2, 0.25) is 0 Å². The van der Waals surface area contributed by atoms with Gasteiger partial charge >= 0.3 is 0 Å². The van der Waals surface area contributed by atoms with Crippen LogP contribution in [-0.2, 0) is 0 Å². The van der Waals surface area contributed by atoms with Gasteiger partial charge in [-0.05, 0) is 30.9 Å². The van der Waals surface area contributed by atoms with E-state index in [-0.39, 0.29) is 0 Å². The lowest BCUT2D eigenvalue weighted by Crippen LogP contribution is -2.13. The minimum atomic E-state index is 0.326. The monoisotopic (exact) mass is 179 g/mol. The maximum absolute atomic E-state index is 5.81. The van der Waals surface area contributed by atoms with E-state index in [2.05, 4.69) is 25.7 Å². The van der Waals surface area contributed by atoms with Crippen LogP contribution in [0, 0.1) is 0 Å². The number of nitrogens with two attached hydrogens (primary N) is 1. The molecule has 1 unspecified atom stereocenters. The largest absolute Gasteiger partial charge is 0.327 e. The second-order valence-corrected chi connectivity index (χ2v) is 2.91. The van der Waals surface area contributed by atoms with E-state index in [1.807, 2.05) is 19.9 Å². The second-order valence-electron chi connectivity index (χ2n) is 2.91. The first kappa shape index (κ1) is 12.2. The average Bonchev–Trinajstić information content (AvgIpc) is 2.50. The lowest BCUT2D eigenvalue weighted by Gasteiger charge is -1.95. The van der Waals surface area contributed by atoms with Gasteiger partial charge < -0.3 is 5.73 Å². The molecule has 0 spiro atoms. The fourth-order valence-electron chi connectivity index (χ4n) is 1.52. The Morgan fingerprint density at radius 1 is 1.31 bits per heavy atom. The van der Waals surface area contributed by atoms with Gasteiger partial charge in [-0.15, -0.1) is 0 Å². The van der Waals surface area contributed by atoms with Crippen LogP contribution in [0.15, 0.2) is 36.0 Å². The Hall–Kier alpha value is -0.820. The van der Waals surface area contributed by atoms with Crippen molar-refractivity contribution in [2.24, 2.45) is 5.73 Å². The zero-order valence-corrected chi connectivity index (χ0v) is 9.01. The first-order chi connectivity index (χ1) is 6.27. The molecule has 1 rings (SSSR count). The molecule has 0 aromatic heterocycles. The van der Waals surface area contributed by atoms with E-state index < -0.39 is 0 Å². The van der Waals surface area contributed by atoms with Crippen LogP contribution in [0.1, 0.15) is 33.6 Å². The molecule has 0 bridgehead atoms. The Kier molecular flexibility index (Phi) is 6.25. The molecular formula is C12H21N. The molecule has 74 valence electrons. The maximum Gasteiger partial charge on any atom is 0.0120 e. The Labute approximate surface area is 82.0 Å². The van der Waals surface area contributed by atoms with Crippen LogP contribution < -0.4 is 5.73 Å². The lowest BCUT2D eigenvalue weighted by molar-refractivity contribution is 0.735. The van der Waals surface area contributed by atoms with Crippen LogP contribution in [0.25, 0.3) is 0 Å². The molecular weight excluding hydrogens is 158 g/mol. The predicted octanol–water partition coefficient (Wildman–Crippen LogP) is 3.19. The Morgan fingerprint density at radius 3 is 2.31 bits per heavy atom. The highest BCUT2D eigenvalue weighted by Gasteiger charge is 2.18. The Morgan fingerprint density at radius 2 is 1.85 bits per heavy atom. The van der Waals surface area contributed by atoms with Crippen molar-refractivity contribution >= 4 is 0 Å². The van der Waals surface area contributed by atoms with Gasteiger partial charge in [-0.2, -0.15) is 0 Å². The van der Waals surface area contributed by atoms with Crippen molar-refractivity contribution < 1.29 is 0 Å². The van der Waals surface area contributed by atoms with E-state index in [4.69, 9.17) is 5.73 Å². The first-order valence-electron chi connectivity index (χ1n) is 5.00. The summed E-state index contributed by atoms with van der Waals surface area (Å²) in [6.45, 7) is 9.73. The maximum atomic E-state index is 5.81. The third kappa shape index (κ3) is 3.60. The van der Waals surface area contributed by atoms with Crippen molar-refractivity contribution in [2.45, 2.75) is 39.7 Å². The third-order valence-corrected chi connectivity index (χ3v) is 2.04. The summed E-state index contributed by atoms with van der Waals surface area (Å²) in [6, 6.07) is 0.326. The van der Waals surface area contributed by atoms with Crippen LogP contribution in [-0.4, -0.2) is 6.04 Å². The molecule has 0 aliphatic heterocycles. The van der Waals surface area contributed by atoms with Gasteiger partial charge in [0, 0.05) is 6.04 Å². The van der Waals surface area contributed by atoms with Crippen LogP contribution in [0.5, 0.6) is 0 Å². The standard InChI is InChI=1S/C10H15N.C2H6/c1-3-5-9-7-10(11)6-8(9)4-2;1-2/h3-5,10H,1,6-7,11H2,2H3;1-2H3/b8-4-,9-5-;. The fraction of sp³-hybridized carbons (Fsp3) is 0.500. The Bertz CT molecular complexity index is 211. The smallest absolute Gasteiger partial charge is 0.0120 e. The minimum absolute atomic E-state index is 0.326. The van der Waals surface area contributed by atoms with Gasteiger partial charge in [-0.25, -0.2) is 0 Å². The summed E-state index contributed by atoms with van der Waals surface area (Å²) in [7, 11) is 0. The van der Waals surface area contributed by atoms with E-state index in [0.29, 0.717) is 6.04 Å². The lowest BCUT2D eigenvalue weighted by atomic mass is 10.1. The van der Waals surface area contributed by atoms with Crippen molar-refractivity contribution in [3.05, 3.63) is 36.0 Å². The molecule has 1 nitrogen and oxygen atoms in total. The number of hydrogen-bond donors (Lipinski definition) is 1. The second kappa shape index (κ2) is 6.67. The SMILES string of the molecule is C=C/C=C1/CC(N)C/C1=C/C.CC. The summed E-state index contributed by atoms with van der Waals surface area (Å²) < 4.78 is 0. The first-order valence-corrected chi connectivity index (χ1v) is 5.00. The normalized spacial score (nSPS) is 27.2. The van der Waals surface area contributed by atoms with Crippen LogP contribution >= 0.6 is 0 Å². The van der Waals surface area contributed by atoms with Crippen molar-refractivity contribution in [3.8, 4) is 0 Å². The molecule has 1 saturated carbocycles. The molecule has 1 heteroatoms. The minimum Gasteiger partial charge on any atom is -0.327 e. The fourth-order valence-corrected chi connectivity index (χ4v) is 1.52. The molecule has 0 radical (unpaired) electrons. The molecule has 0 heterocycles. The molecule has 0 saturated heterocycles. The summed E-state index contributed by atoms with van der Waals surface area (Å²) in [5.74, 6) is 0. The average molecular weight is 179 g/mol. The van der Waals surface area contributed by atoms with Gasteiger partial charge in [-0.1, -0.05) is 38.7 Å². The third-order valence-electron chi connectivity index (χ3n) is 2.04. The number of allylic oxidation sites excluding steroid dienone is 3. The molecule has 0 aromatic carbocycles. The van der Waals surface area contributed by atoms with Gasteiger partial charge in [0.15, 0.2) is 0 Å². The predicted molar refractivity (Wildman–Crippen MR) is 60.6 cm³/mol. The summed E-state index contributed by atoms with van der Waals surface area (Å²) in [5.41, 5.74) is 8.55. The van der Waals surface area contributed by atoms with Crippen molar-refractivity contribution in [1.29, 1.82) is 0 Å². The number of hydrogen-bond acceptors (Lipinski definition) is 1. The summed E-state index contributed by atoms with van der Waals surface area (Å²) in [6.07, 6.45) is 8.06. The molecule has 13 heavy (non-hydrogen) atoms. The van der Waals surface area contributed by atoms with Gasteiger partial charge in [0.2, 0.25) is 0 Å². The zero-order valence-electron chi connectivity index (χ0n) is 9.01. The molecule has 0 amide bonds. The summed E-state index contributed by atoms with van der Waals surface area (Å²) in [4.78, 5) is 0. The summed E-state index contributed by atoms with van der Waals surface area (Å²) in [5, 5.41) is 0. The highest BCUT2D eigenvalue weighted by atomic mass is 14.6. The van der Waals surface area contributed by atoms with Gasteiger partial charge in [-0.3, -0.25) is 0 Å². The molecule has 1 aliphatic rings. The van der Waals surface area contributed by atoms with E-state index >= 15 is 0 Å². The highest BCUT2D eigenvalue weighted by Crippen LogP contribution is 2.29. The molecule has 2 N–H and O–H groups in total. The van der Waals surface area contributed by atoms with Crippen molar-refractivity contribution in [1.82, 2.24) is 0 Å². The number of rotatable bonds is 1. The van der Waals surface area contributed by atoms with Gasteiger partial charge in [0.05, 0.1) is 0 Å². The van der Waals surface area contributed by atoms with E-state index in [1.165, 1.54) is 11.1 Å². The molecule has 1 atom stereocenters. The summed E-state index contributed by atoms with van der Waals surface area (Å²) >= 11 is 0. The van der Waals surface area contributed by atoms with Gasteiger partial charge in [0.25, 0.3) is 0 Å². The van der Waals surface area contributed by atoms with Crippen LogP contribution in [0.3, 0.4) is 0 Å². The van der Waals surface area contributed by atoms with Gasteiger partial charge in [0.1, 0.15) is 0 Å². The van der Waals surface area contributed by atoms with Crippen LogP contribution in [0.4, 0.5) is 0 Å². The molecule has 1 aliphatic carbocycles. The molecule has 0 aromatic rings. The Balaban J connectivity index is 0.000000671. The van der Waals surface area contributed by atoms with Crippen molar-refractivity contribution in [2.75, 3.05) is 0 Å². The topological polar surface area (TPSA) is 26.0 Å². The van der Waals surface area contributed by atoms with E-state index in [0.717, 1.165) is 12.8 Å². The molecule has 1 fully saturated rings.